The molecule has 2 aromatic heterocycles. The summed E-state index contributed by atoms with van der Waals surface area (Å²) in [4.78, 5) is 16.6. The maximum Gasteiger partial charge on any atom is 0.270 e. The molecule has 0 aliphatic rings. The van der Waals surface area contributed by atoms with Crippen LogP contribution in [0.25, 0.3) is 10.9 Å². The lowest BCUT2D eigenvalue weighted by Crippen LogP contribution is -2.38. The highest BCUT2D eigenvalue weighted by molar-refractivity contribution is 5.94. The Bertz CT molecular complexity index is 854. The Morgan fingerprint density at radius 1 is 1.30 bits per heavy atom. The molecule has 0 radical (unpaired) electrons. The fourth-order valence-electron chi connectivity index (χ4n) is 2.34. The number of pyridine rings is 1. The summed E-state index contributed by atoms with van der Waals surface area (Å²) in [7, 11) is 1.77. The van der Waals surface area contributed by atoms with Crippen molar-refractivity contribution in [2.75, 3.05) is 6.54 Å². The zero-order valence-corrected chi connectivity index (χ0v) is 13.0. The number of amides is 1. The number of aliphatic hydroxyl groups is 1. The van der Waals surface area contributed by atoms with Crippen molar-refractivity contribution in [3.05, 3.63) is 60.0 Å². The molecule has 0 bridgehead atoms. The Balaban J connectivity index is 1.73. The van der Waals surface area contributed by atoms with Gasteiger partial charge >= 0.3 is 0 Å². The Hall–Kier alpha value is -2.73. The zero-order valence-electron chi connectivity index (χ0n) is 13.0. The van der Waals surface area contributed by atoms with Crippen LogP contribution in [0.1, 0.15) is 23.0 Å². The second-order valence-corrected chi connectivity index (χ2v) is 5.75. The number of aromatic nitrogens is 3. The number of benzene rings is 1. The van der Waals surface area contributed by atoms with Crippen molar-refractivity contribution in [1.29, 1.82) is 0 Å². The monoisotopic (exact) mass is 310 g/mol. The Kier molecular flexibility index (Phi) is 3.83. The summed E-state index contributed by atoms with van der Waals surface area (Å²) in [5.74, 6) is -0.320. The van der Waals surface area contributed by atoms with Crippen LogP contribution in [0.4, 0.5) is 0 Å². The molecule has 0 aliphatic carbocycles. The van der Waals surface area contributed by atoms with E-state index in [9.17, 15) is 9.90 Å². The second-order valence-electron chi connectivity index (χ2n) is 5.75. The first-order valence-corrected chi connectivity index (χ1v) is 7.31. The van der Waals surface area contributed by atoms with Gasteiger partial charge in [-0.05, 0) is 19.1 Å². The molecule has 1 amide bonds. The Labute approximate surface area is 133 Å². The number of carbonyl (C=O) groups excluding carboxylic acids is 1. The standard InChI is InChI=1S/C17H18N4O2/c1-17(23,13-9-19-21(2)10-13)11-18-16(22)15-8-7-12-5-3-4-6-14(12)20-15/h3-10,23H,11H2,1-2H3,(H,18,22). The number of fused-ring (bicyclic) bond motifs is 1. The van der Waals surface area contributed by atoms with Crippen LogP contribution in [-0.2, 0) is 12.6 Å². The summed E-state index contributed by atoms with van der Waals surface area (Å²) >= 11 is 0. The van der Waals surface area contributed by atoms with E-state index in [1.807, 2.05) is 30.3 Å². The van der Waals surface area contributed by atoms with E-state index in [0.29, 0.717) is 11.3 Å². The molecule has 1 atom stereocenters. The molecule has 3 aromatic rings. The lowest BCUT2D eigenvalue weighted by atomic mass is 10.00. The molecule has 2 heterocycles. The van der Waals surface area contributed by atoms with Gasteiger partial charge in [0, 0.05) is 24.2 Å². The van der Waals surface area contributed by atoms with Gasteiger partial charge in [-0.15, -0.1) is 0 Å². The molecule has 0 fully saturated rings. The third kappa shape index (κ3) is 3.22. The van der Waals surface area contributed by atoms with Crippen molar-refractivity contribution >= 4 is 16.8 Å². The largest absolute Gasteiger partial charge is 0.383 e. The van der Waals surface area contributed by atoms with Gasteiger partial charge in [-0.25, -0.2) is 4.98 Å². The van der Waals surface area contributed by atoms with Gasteiger partial charge in [0.15, 0.2) is 0 Å². The van der Waals surface area contributed by atoms with Gasteiger partial charge in [0.1, 0.15) is 11.3 Å². The van der Waals surface area contributed by atoms with Crippen LogP contribution in [0.15, 0.2) is 48.8 Å². The van der Waals surface area contributed by atoms with Crippen LogP contribution in [0, 0.1) is 0 Å². The minimum atomic E-state index is -1.19. The molecule has 2 N–H and O–H groups in total. The molecular weight excluding hydrogens is 292 g/mol. The van der Waals surface area contributed by atoms with Gasteiger partial charge in [0.05, 0.1) is 18.3 Å². The van der Waals surface area contributed by atoms with E-state index in [1.165, 1.54) is 0 Å². The lowest BCUT2D eigenvalue weighted by molar-refractivity contribution is 0.0524. The predicted molar refractivity (Wildman–Crippen MR) is 86.9 cm³/mol. The maximum absolute atomic E-state index is 12.3. The minimum Gasteiger partial charge on any atom is -0.383 e. The summed E-state index contributed by atoms with van der Waals surface area (Å²) < 4.78 is 1.61. The van der Waals surface area contributed by atoms with Gasteiger partial charge in [-0.1, -0.05) is 24.3 Å². The van der Waals surface area contributed by atoms with Gasteiger partial charge in [0.2, 0.25) is 0 Å². The van der Waals surface area contributed by atoms with Gasteiger partial charge < -0.3 is 10.4 Å². The van der Waals surface area contributed by atoms with E-state index in [0.717, 1.165) is 10.9 Å². The zero-order chi connectivity index (χ0) is 16.4. The molecule has 1 aromatic carbocycles. The van der Waals surface area contributed by atoms with E-state index in [-0.39, 0.29) is 12.5 Å². The van der Waals surface area contributed by atoms with Crippen molar-refractivity contribution in [2.45, 2.75) is 12.5 Å². The van der Waals surface area contributed by atoms with E-state index in [4.69, 9.17) is 0 Å². The fourth-order valence-corrected chi connectivity index (χ4v) is 2.34. The molecule has 0 saturated heterocycles. The molecule has 1 unspecified atom stereocenters. The predicted octanol–water partition coefficient (Wildman–Crippen LogP) is 1.61. The number of nitrogens with zero attached hydrogens (tertiary/aromatic N) is 3. The first-order chi connectivity index (χ1) is 11.0. The lowest BCUT2D eigenvalue weighted by Gasteiger charge is -2.22. The van der Waals surface area contributed by atoms with Crippen LogP contribution in [0.3, 0.4) is 0 Å². The molecular formula is C17H18N4O2. The normalized spacial score (nSPS) is 13.7. The number of para-hydroxylation sites is 1. The fraction of sp³-hybridized carbons (Fsp3) is 0.235. The molecule has 6 nitrogen and oxygen atoms in total. The van der Waals surface area contributed by atoms with E-state index < -0.39 is 5.60 Å². The van der Waals surface area contributed by atoms with Crippen molar-refractivity contribution < 1.29 is 9.90 Å². The molecule has 118 valence electrons. The minimum absolute atomic E-state index is 0.0754. The maximum atomic E-state index is 12.3. The quantitative estimate of drug-likeness (QED) is 0.767. The Morgan fingerprint density at radius 3 is 2.83 bits per heavy atom. The van der Waals surface area contributed by atoms with Crippen molar-refractivity contribution in [3.63, 3.8) is 0 Å². The summed E-state index contributed by atoms with van der Waals surface area (Å²) in [5.41, 5.74) is 0.539. The highest BCUT2D eigenvalue weighted by Gasteiger charge is 2.25. The van der Waals surface area contributed by atoms with Crippen molar-refractivity contribution in [3.8, 4) is 0 Å². The second kappa shape index (κ2) is 5.81. The topological polar surface area (TPSA) is 80.0 Å². The van der Waals surface area contributed by atoms with Gasteiger partial charge in [0.25, 0.3) is 5.91 Å². The Morgan fingerprint density at radius 2 is 2.09 bits per heavy atom. The van der Waals surface area contributed by atoms with E-state index >= 15 is 0 Å². The van der Waals surface area contributed by atoms with Crippen LogP contribution in [-0.4, -0.2) is 32.3 Å². The van der Waals surface area contributed by atoms with Crippen molar-refractivity contribution in [1.82, 2.24) is 20.1 Å². The molecule has 0 saturated carbocycles. The van der Waals surface area contributed by atoms with E-state index in [2.05, 4.69) is 15.4 Å². The SMILES string of the molecule is Cn1cc(C(C)(O)CNC(=O)c2ccc3ccccc3n2)cn1. The van der Waals surface area contributed by atoms with Crippen LogP contribution < -0.4 is 5.32 Å². The van der Waals surface area contributed by atoms with Gasteiger partial charge in [-0.2, -0.15) is 5.10 Å². The first kappa shape index (κ1) is 15.2. The summed E-state index contributed by atoms with van der Waals surface area (Å²) in [6.45, 7) is 1.71. The highest BCUT2D eigenvalue weighted by Crippen LogP contribution is 2.19. The first-order valence-electron chi connectivity index (χ1n) is 7.31. The number of aryl methyl sites for hydroxylation is 1. The average molecular weight is 310 g/mol. The number of carbonyl (C=O) groups is 1. The van der Waals surface area contributed by atoms with Crippen LogP contribution >= 0.6 is 0 Å². The number of rotatable bonds is 4. The molecule has 23 heavy (non-hydrogen) atoms. The number of hydrogen-bond donors (Lipinski definition) is 2. The van der Waals surface area contributed by atoms with Gasteiger partial charge in [-0.3, -0.25) is 9.48 Å². The summed E-state index contributed by atoms with van der Waals surface area (Å²) in [5, 5.41) is 18.2. The van der Waals surface area contributed by atoms with Crippen LogP contribution in [0.2, 0.25) is 0 Å². The third-order valence-corrected chi connectivity index (χ3v) is 3.75. The molecule has 3 rings (SSSR count). The van der Waals surface area contributed by atoms with Crippen LogP contribution in [0.5, 0.6) is 0 Å². The van der Waals surface area contributed by atoms with E-state index in [1.54, 1.807) is 37.1 Å². The molecule has 0 spiro atoms. The molecule has 6 heteroatoms. The third-order valence-electron chi connectivity index (χ3n) is 3.75. The molecule has 0 aliphatic heterocycles. The highest BCUT2D eigenvalue weighted by atomic mass is 16.3. The average Bonchev–Trinajstić information content (AvgIpc) is 2.99. The smallest absolute Gasteiger partial charge is 0.270 e. The number of hydrogen-bond acceptors (Lipinski definition) is 4. The summed E-state index contributed by atoms with van der Waals surface area (Å²) in [6.07, 6.45) is 3.31. The summed E-state index contributed by atoms with van der Waals surface area (Å²) in [6, 6.07) is 11.1. The number of nitrogens with one attached hydrogen (secondary N) is 1. The van der Waals surface area contributed by atoms with Crippen molar-refractivity contribution in [2.24, 2.45) is 7.05 Å².